The van der Waals surface area contributed by atoms with E-state index in [4.69, 9.17) is 4.74 Å². The SMILES string of the molecule is CCOC(=O)c1cn(C)c2cc(C)sc2c1=O. The van der Waals surface area contributed by atoms with Gasteiger partial charge in [-0.3, -0.25) is 4.79 Å². The largest absolute Gasteiger partial charge is 0.462 e. The lowest BCUT2D eigenvalue weighted by Gasteiger charge is -2.05. The van der Waals surface area contributed by atoms with E-state index in [-0.39, 0.29) is 17.6 Å². The van der Waals surface area contributed by atoms with Gasteiger partial charge in [-0.25, -0.2) is 4.79 Å². The first-order valence-corrected chi connectivity index (χ1v) is 6.13. The van der Waals surface area contributed by atoms with E-state index in [2.05, 4.69) is 0 Å². The van der Waals surface area contributed by atoms with Gasteiger partial charge in [-0.05, 0) is 19.9 Å². The van der Waals surface area contributed by atoms with Crippen LogP contribution in [-0.4, -0.2) is 17.1 Å². The van der Waals surface area contributed by atoms with Crippen molar-refractivity contribution in [3.8, 4) is 0 Å². The van der Waals surface area contributed by atoms with Gasteiger partial charge in [0.1, 0.15) is 5.56 Å². The predicted molar refractivity (Wildman–Crippen MR) is 67.8 cm³/mol. The second-order valence-electron chi connectivity index (χ2n) is 3.77. The monoisotopic (exact) mass is 251 g/mol. The van der Waals surface area contributed by atoms with Crippen molar-refractivity contribution in [2.45, 2.75) is 13.8 Å². The summed E-state index contributed by atoms with van der Waals surface area (Å²) in [5.74, 6) is -0.555. The average molecular weight is 251 g/mol. The zero-order chi connectivity index (χ0) is 12.6. The Morgan fingerprint density at radius 2 is 2.24 bits per heavy atom. The molecule has 17 heavy (non-hydrogen) atoms. The highest BCUT2D eigenvalue weighted by molar-refractivity contribution is 7.18. The molecule has 0 saturated heterocycles. The minimum atomic E-state index is -0.555. The number of pyridine rings is 1. The molecule has 0 aliphatic rings. The summed E-state index contributed by atoms with van der Waals surface area (Å²) in [4.78, 5) is 24.8. The molecule has 2 heterocycles. The lowest BCUT2D eigenvalue weighted by atomic mass is 10.2. The van der Waals surface area contributed by atoms with E-state index in [1.165, 1.54) is 17.5 Å². The number of esters is 1. The van der Waals surface area contributed by atoms with Crippen LogP contribution in [0.4, 0.5) is 0 Å². The van der Waals surface area contributed by atoms with E-state index in [1.807, 2.05) is 20.0 Å². The number of aryl methyl sites for hydroxylation is 2. The van der Waals surface area contributed by atoms with Crippen LogP contribution in [0.2, 0.25) is 0 Å². The van der Waals surface area contributed by atoms with Gasteiger partial charge in [0, 0.05) is 18.1 Å². The highest BCUT2D eigenvalue weighted by Crippen LogP contribution is 2.22. The second-order valence-corrected chi connectivity index (χ2v) is 5.03. The molecule has 0 aromatic carbocycles. The van der Waals surface area contributed by atoms with Crippen LogP contribution in [0.3, 0.4) is 0 Å². The first-order chi connectivity index (χ1) is 8.04. The number of ether oxygens (including phenoxy) is 1. The molecule has 0 unspecified atom stereocenters. The normalized spacial score (nSPS) is 10.8. The number of rotatable bonds is 2. The minimum Gasteiger partial charge on any atom is -0.462 e. The summed E-state index contributed by atoms with van der Waals surface area (Å²) in [6, 6.07) is 1.94. The number of nitrogens with zero attached hydrogens (tertiary/aromatic N) is 1. The Morgan fingerprint density at radius 1 is 1.53 bits per heavy atom. The van der Waals surface area contributed by atoms with Crippen molar-refractivity contribution >= 4 is 27.5 Å². The smallest absolute Gasteiger partial charge is 0.343 e. The molecule has 0 fully saturated rings. The summed E-state index contributed by atoms with van der Waals surface area (Å²) in [7, 11) is 1.82. The summed E-state index contributed by atoms with van der Waals surface area (Å²) in [5.41, 5.74) is 0.712. The van der Waals surface area contributed by atoms with Gasteiger partial charge in [0.25, 0.3) is 0 Å². The minimum absolute atomic E-state index is 0.101. The van der Waals surface area contributed by atoms with Gasteiger partial charge in [-0.15, -0.1) is 11.3 Å². The number of thiophene rings is 1. The fourth-order valence-corrected chi connectivity index (χ4v) is 2.73. The molecular weight excluding hydrogens is 238 g/mol. The standard InChI is InChI=1S/C12H13NO3S/c1-4-16-12(15)8-6-13(3)9-5-7(2)17-11(9)10(8)14/h5-6H,4H2,1-3H3. The molecule has 90 valence electrons. The number of aromatic nitrogens is 1. The molecular formula is C12H13NO3S. The van der Waals surface area contributed by atoms with Crippen LogP contribution < -0.4 is 5.43 Å². The zero-order valence-electron chi connectivity index (χ0n) is 9.94. The third-order valence-corrected chi connectivity index (χ3v) is 3.52. The lowest BCUT2D eigenvalue weighted by Crippen LogP contribution is -2.19. The maximum atomic E-state index is 12.1. The third-order valence-electron chi connectivity index (χ3n) is 2.48. The van der Waals surface area contributed by atoms with Crippen LogP contribution in [0.1, 0.15) is 22.2 Å². The van der Waals surface area contributed by atoms with Crippen LogP contribution >= 0.6 is 11.3 Å². The molecule has 0 bridgehead atoms. The van der Waals surface area contributed by atoms with Crippen molar-refractivity contribution in [3.63, 3.8) is 0 Å². The molecule has 2 aromatic heterocycles. The van der Waals surface area contributed by atoms with Crippen molar-refractivity contribution in [1.29, 1.82) is 0 Å². The fourth-order valence-electron chi connectivity index (χ4n) is 1.72. The van der Waals surface area contributed by atoms with Crippen LogP contribution in [0.25, 0.3) is 10.2 Å². The molecule has 2 aromatic rings. The van der Waals surface area contributed by atoms with Crippen molar-refractivity contribution < 1.29 is 9.53 Å². The topological polar surface area (TPSA) is 48.3 Å². The Labute approximate surface area is 102 Å². The first kappa shape index (κ1) is 11.9. The number of hydrogen-bond acceptors (Lipinski definition) is 4. The van der Waals surface area contributed by atoms with Crippen LogP contribution in [0.15, 0.2) is 17.1 Å². The van der Waals surface area contributed by atoms with Gasteiger partial charge in [0.2, 0.25) is 5.43 Å². The molecule has 0 amide bonds. The summed E-state index contributed by atoms with van der Waals surface area (Å²) in [6.45, 7) is 3.92. The number of hydrogen-bond donors (Lipinski definition) is 0. The highest BCUT2D eigenvalue weighted by atomic mass is 32.1. The van der Waals surface area contributed by atoms with Gasteiger partial charge < -0.3 is 9.30 Å². The van der Waals surface area contributed by atoms with Crippen molar-refractivity contribution in [2.75, 3.05) is 6.61 Å². The highest BCUT2D eigenvalue weighted by Gasteiger charge is 2.16. The van der Waals surface area contributed by atoms with E-state index in [9.17, 15) is 9.59 Å². The molecule has 0 saturated carbocycles. The average Bonchev–Trinajstić information content (AvgIpc) is 2.66. The summed E-state index contributed by atoms with van der Waals surface area (Å²) in [6.07, 6.45) is 1.54. The Kier molecular flexibility index (Phi) is 3.02. The molecule has 0 radical (unpaired) electrons. The fraction of sp³-hybridized carbons (Fsp3) is 0.333. The maximum Gasteiger partial charge on any atom is 0.343 e. The quantitative estimate of drug-likeness (QED) is 0.768. The van der Waals surface area contributed by atoms with Crippen molar-refractivity contribution in [3.05, 3.63) is 32.9 Å². The van der Waals surface area contributed by atoms with Gasteiger partial charge in [0.15, 0.2) is 0 Å². The second kappa shape index (κ2) is 4.33. The number of carbonyl (C=O) groups excluding carboxylic acids is 1. The lowest BCUT2D eigenvalue weighted by molar-refractivity contribution is 0.0524. The molecule has 5 heteroatoms. The van der Waals surface area contributed by atoms with Crippen LogP contribution in [-0.2, 0) is 11.8 Å². The maximum absolute atomic E-state index is 12.1. The first-order valence-electron chi connectivity index (χ1n) is 5.31. The Bertz CT molecular complexity index is 639. The van der Waals surface area contributed by atoms with Crippen molar-refractivity contribution in [2.24, 2.45) is 7.05 Å². The van der Waals surface area contributed by atoms with Gasteiger partial charge in [0.05, 0.1) is 16.8 Å². The summed E-state index contributed by atoms with van der Waals surface area (Å²) < 4.78 is 7.26. The van der Waals surface area contributed by atoms with Crippen LogP contribution in [0, 0.1) is 6.92 Å². The third kappa shape index (κ3) is 1.98. The number of carbonyl (C=O) groups is 1. The van der Waals surface area contributed by atoms with E-state index >= 15 is 0 Å². The zero-order valence-corrected chi connectivity index (χ0v) is 10.8. The van der Waals surface area contributed by atoms with Gasteiger partial charge in [-0.2, -0.15) is 0 Å². The molecule has 0 atom stereocenters. The Morgan fingerprint density at radius 3 is 2.88 bits per heavy atom. The molecule has 2 rings (SSSR count). The molecule has 0 N–H and O–H groups in total. The van der Waals surface area contributed by atoms with Crippen molar-refractivity contribution in [1.82, 2.24) is 4.57 Å². The van der Waals surface area contributed by atoms with E-state index in [0.717, 1.165) is 10.4 Å². The predicted octanol–water partition coefficient (Wildman–Crippen LogP) is 2.09. The van der Waals surface area contributed by atoms with E-state index in [0.29, 0.717) is 4.70 Å². The molecule has 0 aliphatic heterocycles. The van der Waals surface area contributed by atoms with E-state index < -0.39 is 5.97 Å². The summed E-state index contributed by atoms with van der Waals surface area (Å²) >= 11 is 1.40. The van der Waals surface area contributed by atoms with Gasteiger partial charge in [-0.1, -0.05) is 0 Å². The van der Waals surface area contributed by atoms with Gasteiger partial charge >= 0.3 is 5.97 Å². The summed E-state index contributed by atoms with van der Waals surface area (Å²) in [5, 5.41) is 0. The van der Waals surface area contributed by atoms with E-state index in [1.54, 1.807) is 11.5 Å². The van der Waals surface area contributed by atoms with Crippen LogP contribution in [0.5, 0.6) is 0 Å². The molecule has 0 spiro atoms. The molecule has 4 nitrogen and oxygen atoms in total. The Balaban J connectivity index is 2.71. The Hall–Kier alpha value is -1.62. The number of fused-ring (bicyclic) bond motifs is 1. The molecule has 0 aliphatic carbocycles.